The highest BCUT2D eigenvalue weighted by Crippen LogP contribution is 2.22. The zero-order chi connectivity index (χ0) is 15.5. The van der Waals surface area contributed by atoms with Crippen LogP contribution in [0.25, 0.3) is 0 Å². The molecule has 0 spiro atoms. The Hall–Kier alpha value is -1.79. The van der Waals surface area contributed by atoms with E-state index in [-0.39, 0.29) is 18.6 Å². The second kappa shape index (κ2) is 6.32. The smallest absolute Gasteiger partial charge is 0.315 e. The first-order valence-corrected chi connectivity index (χ1v) is 7.68. The third-order valence-electron chi connectivity index (χ3n) is 3.27. The summed E-state index contributed by atoms with van der Waals surface area (Å²) in [6, 6.07) is 4.96. The SMILES string of the molecule is Cc1ccc(C(C)NC(=O)NCC(C)(O)c2ccsc2)o1. The predicted molar refractivity (Wildman–Crippen MR) is 82.3 cm³/mol. The van der Waals surface area contributed by atoms with E-state index in [9.17, 15) is 9.90 Å². The van der Waals surface area contributed by atoms with Gasteiger partial charge in [0.2, 0.25) is 0 Å². The van der Waals surface area contributed by atoms with Gasteiger partial charge >= 0.3 is 6.03 Å². The molecule has 3 N–H and O–H groups in total. The monoisotopic (exact) mass is 308 g/mol. The molecule has 0 aliphatic heterocycles. The quantitative estimate of drug-likeness (QED) is 0.795. The van der Waals surface area contributed by atoms with Crippen LogP contribution in [-0.4, -0.2) is 17.7 Å². The fourth-order valence-electron chi connectivity index (χ4n) is 1.93. The summed E-state index contributed by atoms with van der Waals surface area (Å²) in [5.41, 5.74) is -0.288. The zero-order valence-corrected chi connectivity index (χ0v) is 13.2. The predicted octanol–water partition coefficient (Wildman–Crippen LogP) is 2.92. The Kier molecular flexibility index (Phi) is 4.69. The normalized spacial score (nSPS) is 15.2. The minimum atomic E-state index is -1.08. The Bertz CT molecular complexity index is 590. The first kappa shape index (κ1) is 15.6. The minimum Gasteiger partial charge on any atom is -0.464 e. The Labute approximate surface area is 128 Å². The molecular formula is C15H20N2O3S. The Morgan fingerprint density at radius 1 is 1.48 bits per heavy atom. The van der Waals surface area contributed by atoms with Gasteiger partial charge in [0.05, 0.1) is 12.6 Å². The van der Waals surface area contributed by atoms with Crippen LogP contribution >= 0.6 is 11.3 Å². The number of nitrogens with one attached hydrogen (secondary N) is 2. The number of carbonyl (C=O) groups excluding carboxylic acids is 1. The molecule has 0 aliphatic rings. The van der Waals surface area contributed by atoms with Crippen LogP contribution in [0.3, 0.4) is 0 Å². The van der Waals surface area contributed by atoms with Crippen LogP contribution < -0.4 is 10.6 Å². The van der Waals surface area contributed by atoms with E-state index in [4.69, 9.17) is 4.42 Å². The van der Waals surface area contributed by atoms with Gasteiger partial charge in [0.15, 0.2) is 0 Å². The average molecular weight is 308 g/mol. The van der Waals surface area contributed by atoms with Crippen molar-refractivity contribution in [3.05, 3.63) is 46.0 Å². The molecule has 0 aromatic carbocycles. The van der Waals surface area contributed by atoms with Gasteiger partial charge in [-0.3, -0.25) is 0 Å². The lowest BCUT2D eigenvalue weighted by Gasteiger charge is -2.23. The first-order valence-electron chi connectivity index (χ1n) is 6.74. The topological polar surface area (TPSA) is 74.5 Å². The highest BCUT2D eigenvalue weighted by atomic mass is 32.1. The van der Waals surface area contributed by atoms with E-state index in [1.165, 1.54) is 11.3 Å². The molecular weight excluding hydrogens is 288 g/mol. The number of hydrogen-bond donors (Lipinski definition) is 3. The molecule has 0 saturated heterocycles. The van der Waals surface area contributed by atoms with Gasteiger partial charge < -0.3 is 20.2 Å². The van der Waals surface area contributed by atoms with Crippen molar-refractivity contribution in [2.75, 3.05) is 6.54 Å². The lowest BCUT2D eigenvalue weighted by atomic mass is 9.99. The number of thiophene rings is 1. The van der Waals surface area contributed by atoms with Crippen LogP contribution in [0.2, 0.25) is 0 Å². The van der Waals surface area contributed by atoms with E-state index in [2.05, 4.69) is 10.6 Å². The fourth-order valence-corrected chi connectivity index (χ4v) is 2.71. The maximum Gasteiger partial charge on any atom is 0.315 e. The number of amides is 2. The molecule has 2 amide bonds. The molecule has 2 rings (SSSR count). The molecule has 114 valence electrons. The summed E-state index contributed by atoms with van der Waals surface area (Å²) in [6.45, 7) is 5.51. The Balaban J connectivity index is 1.85. The molecule has 21 heavy (non-hydrogen) atoms. The average Bonchev–Trinajstić information content (AvgIpc) is 3.07. The van der Waals surface area contributed by atoms with Crippen molar-refractivity contribution in [1.29, 1.82) is 0 Å². The lowest BCUT2D eigenvalue weighted by molar-refractivity contribution is 0.0597. The number of urea groups is 1. The highest BCUT2D eigenvalue weighted by molar-refractivity contribution is 7.08. The van der Waals surface area contributed by atoms with Crippen molar-refractivity contribution in [2.24, 2.45) is 0 Å². The number of aryl methyl sites for hydroxylation is 1. The van der Waals surface area contributed by atoms with Gasteiger partial charge in [-0.15, -0.1) is 0 Å². The number of aliphatic hydroxyl groups is 1. The van der Waals surface area contributed by atoms with Crippen LogP contribution in [0.5, 0.6) is 0 Å². The summed E-state index contributed by atoms with van der Waals surface area (Å²) in [7, 11) is 0. The minimum absolute atomic E-state index is 0.138. The molecule has 2 aromatic rings. The van der Waals surface area contributed by atoms with Crippen molar-refractivity contribution >= 4 is 17.4 Å². The summed E-state index contributed by atoms with van der Waals surface area (Å²) in [5, 5.41) is 19.5. The molecule has 2 atom stereocenters. The van der Waals surface area contributed by atoms with E-state index in [0.29, 0.717) is 5.76 Å². The molecule has 0 aliphatic carbocycles. The van der Waals surface area contributed by atoms with Crippen LogP contribution in [0.1, 0.15) is 37.0 Å². The fraction of sp³-hybridized carbons (Fsp3) is 0.400. The highest BCUT2D eigenvalue weighted by Gasteiger charge is 2.24. The molecule has 0 bridgehead atoms. The Morgan fingerprint density at radius 2 is 2.24 bits per heavy atom. The summed E-state index contributed by atoms with van der Waals surface area (Å²) in [5.74, 6) is 1.51. The summed E-state index contributed by atoms with van der Waals surface area (Å²) < 4.78 is 5.46. The maximum atomic E-state index is 11.9. The summed E-state index contributed by atoms with van der Waals surface area (Å²) in [6.07, 6.45) is 0. The molecule has 0 fully saturated rings. The van der Waals surface area contributed by atoms with E-state index in [1.807, 2.05) is 42.8 Å². The van der Waals surface area contributed by atoms with E-state index >= 15 is 0 Å². The largest absolute Gasteiger partial charge is 0.464 e. The van der Waals surface area contributed by atoms with Gasteiger partial charge in [-0.2, -0.15) is 11.3 Å². The third-order valence-corrected chi connectivity index (χ3v) is 3.95. The third kappa shape index (κ3) is 4.09. The lowest BCUT2D eigenvalue weighted by Crippen LogP contribution is -2.43. The summed E-state index contributed by atoms with van der Waals surface area (Å²) >= 11 is 1.51. The number of carbonyl (C=O) groups is 1. The molecule has 0 saturated carbocycles. The number of furan rings is 1. The van der Waals surface area contributed by atoms with Gasteiger partial charge in [0.25, 0.3) is 0 Å². The van der Waals surface area contributed by atoms with Gasteiger partial charge in [-0.1, -0.05) is 0 Å². The second-order valence-corrected chi connectivity index (χ2v) is 6.06. The van der Waals surface area contributed by atoms with Crippen molar-refractivity contribution in [3.63, 3.8) is 0 Å². The van der Waals surface area contributed by atoms with Gasteiger partial charge in [-0.25, -0.2) is 4.79 Å². The molecule has 5 nitrogen and oxygen atoms in total. The summed E-state index contributed by atoms with van der Waals surface area (Å²) in [4.78, 5) is 11.9. The van der Waals surface area contributed by atoms with Crippen LogP contribution in [-0.2, 0) is 5.60 Å². The van der Waals surface area contributed by atoms with Crippen molar-refractivity contribution in [3.8, 4) is 0 Å². The van der Waals surface area contributed by atoms with Crippen LogP contribution in [0.4, 0.5) is 4.79 Å². The second-order valence-electron chi connectivity index (χ2n) is 5.28. The molecule has 6 heteroatoms. The Morgan fingerprint density at radius 3 is 2.81 bits per heavy atom. The van der Waals surface area contributed by atoms with E-state index in [1.54, 1.807) is 6.92 Å². The van der Waals surface area contributed by atoms with Crippen molar-refractivity contribution in [2.45, 2.75) is 32.4 Å². The van der Waals surface area contributed by atoms with Crippen molar-refractivity contribution in [1.82, 2.24) is 10.6 Å². The van der Waals surface area contributed by atoms with Gasteiger partial charge in [-0.05, 0) is 55.3 Å². The van der Waals surface area contributed by atoms with E-state index < -0.39 is 5.60 Å². The molecule has 2 aromatic heterocycles. The van der Waals surface area contributed by atoms with Crippen LogP contribution in [0.15, 0.2) is 33.4 Å². The van der Waals surface area contributed by atoms with E-state index in [0.717, 1.165) is 11.3 Å². The van der Waals surface area contributed by atoms with Gasteiger partial charge in [0.1, 0.15) is 17.1 Å². The number of rotatable bonds is 5. The van der Waals surface area contributed by atoms with Crippen LogP contribution in [0, 0.1) is 6.92 Å². The standard InChI is InChI=1S/C15H20N2O3S/c1-10-4-5-13(20-10)11(2)17-14(18)16-9-15(3,19)12-6-7-21-8-12/h4-8,11,19H,9H2,1-3H3,(H2,16,17,18). The molecule has 2 heterocycles. The molecule has 2 unspecified atom stereocenters. The maximum absolute atomic E-state index is 11.9. The number of hydrogen-bond acceptors (Lipinski definition) is 4. The molecule has 0 radical (unpaired) electrons. The first-order chi connectivity index (χ1) is 9.88. The zero-order valence-electron chi connectivity index (χ0n) is 12.3. The van der Waals surface area contributed by atoms with Crippen molar-refractivity contribution < 1.29 is 14.3 Å². The van der Waals surface area contributed by atoms with Gasteiger partial charge in [0, 0.05) is 0 Å².